The Morgan fingerprint density at radius 1 is 1.38 bits per heavy atom. The number of esters is 1. The van der Waals surface area contributed by atoms with Crippen molar-refractivity contribution in [1.82, 2.24) is 10.0 Å². The summed E-state index contributed by atoms with van der Waals surface area (Å²) < 4.78 is 31.6. The molecule has 1 heterocycles. The van der Waals surface area contributed by atoms with Crippen molar-refractivity contribution in [3.8, 4) is 0 Å². The first-order valence-corrected chi connectivity index (χ1v) is 8.41. The van der Waals surface area contributed by atoms with Crippen LogP contribution in [0, 0.1) is 0 Å². The van der Waals surface area contributed by atoms with E-state index in [4.69, 9.17) is 0 Å². The summed E-state index contributed by atoms with van der Waals surface area (Å²) in [6, 6.07) is 9.14. The molecule has 1 aromatic rings. The van der Waals surface area contributed by atoms with Crippen LogP contribution in [-0.4, -0.2) is 45.9 Å². The summed E-state index contributed by atoms with van der Waals surface area (Å²) in [7, 11) is -2.13. The van der Waals surface area contributed by atoms with Gasteiger partial charge in [0.15, 0.2) is 0 Å². The average Bonchev–Trinajstić information content (AvgIpc) is 2.98. The maximum atomic E-state index is 12.2. The van der Waals surface area contributed by atoms with Crippen LogP contribution in [0.25, 0.3) is 0 Å². The fraction of sp³-hybridized carbons (Fsp3) is 0.500. The molecule has 0 spiro atoms. The predicted octanol–water partition coefficient (Wildman–Crippen LogP) is 0.0520. The van der Waals surface area contributed by atoms with Crippen molar-refractivity contribution < 1.29 is 17.9 Å². The fourth-order valence-corrected chi connectivity index (χ4v) is 3.75. The lowest BCUT2D eigenvalue weighted by Crippen LogP contribution is -2.36. The number of rotatable bonds is 6. The fourth-order valence-electron chi connectivity index (χ4n) is 2.36. The third-order valence-electron chi connectivity index (χ3n) is 3.57. The molecule has 2 unspecified atom stereocenters. The van der Waals surface area contributed by atoms with Crippen LogP contribution in [-0.2, 0) is 26.0 Å². The lowest BCUT2D eigenvalue weighted by atomic mass is 10.2. The van der Waals surface area contributed by atoms with Crippen LogP contribution in [0.5, 0.6) is 0 Å². The Hall–Kier alpha value is -1.44. The monoisotopic (exact) mass is 312 g/mol. The van der Waals surface area contributed by atoms with E-state index in [0.717, 1.165) is 5.56 Å². The molecule has 0 amide bonds. The highest BCUT2D eigenvalue weighted by Gasteiger charge is 2.37. The Balaban J connectivity index is 1.84. The minimum absolute atomic E-state index is 0.243. The van der Waals surface area contributed by atoms with Gasteiger partial charge in [0.05, 0.1) is 12.4 Å². The van der Waals surface area contributed by atoms with Gasteiger partial charge in [0, 0.05) is 13.1 Å². The maximum Gasteiger partial charge on any atom is 0.322 e. The number of benzene rings is 1. The molecule has 6 nitrogen and oxygen atoms in total. The Kier molecular flexibility index (Phi) is 5.33. The summed E-state index contributed by atoms with van der Waals surface area (Å²) in [5.74, 6) is -0.419. The molecule has 1 saturated heterocycles. The average molecular weight is 312 g/mol. The SMILES string of the molecule is COC(=O)C1CC(S(=O)(=O)NCCc2ccccc2)CN1. The van der Waals surface area contributed by atoms with Crippen molar-refractivity contribution in [3.63, 3.8) is 0 Å². The lowest BCUT2D eigenvalue weighted by Gasteiger charge is -2.12. The molecule has 0 aromatic heterocycles. The first kappa shape index (κ1) is 15.9. The van der Waals surface area contributed by atoms with Crippen molar-refractivity contribution in [3.05, 3.63) is 35.9 Å². The summed E-state index contributed by atoms with van der Waals surface area (Å²) in [6.07, 6.45) is 0.883. The predicted molar refractivity (Wildman–Crippen MR) is 79.3 cm³/mol. The number of nitrogens with one attached hydrogen (secondary N) is 2. The van der Waals surface area contributed by atoms with Crippen LogP contribution in [0.3, 0.4) is 0 Å². The zero-order chi connectivity index (χ0) is 15.3. The number of sulfonamides is 1. The van der Waals surface area contributed by atoms with Crippen molar-refractivity contribution in [2.75, 3.05) is 20.2 Å². The molecule has 0 radical (unpaired) electrons. The third kappa shape index (κ3) is 4.26. The van der Waals surface area contributed by atoms with E-state index in [-0.39, 0.29) is 13.0 Å². The van der Waals surface area contributed by atoms with Gasteiger partial charge in [0.25, 0.3) is 0 Å². The van der Waals surface area contributed by atoms with Crippen LogP contribution in [0.15, 0.2) is 30.3 Å². The molecule has 7 heteroatoms. The molecule has 2 rings (SSSR count). The van der Waals surface area contributed by atoms with Crippen molar-refractivity contribution >= 4 is 16.0 Å². The first-order valence-electron chi connectivity index (χ1n) is 6.86. The van der Waals surface area contributed by atoms with Gasteiger partial charge in [-0.2, -0.15) is 0 Å². The topological polar surface area (TPSA) is 84.5 Å². The Morgan fingerprint density at radius 2 is 2.10 bits per heavy atom. The van der Waals surface area contributed by atoms with Gasteiger partial charge in [0.1, 0.15) is 6.04 Å². The summed E-state index contributed by atoms with van der Waals surface area (Å²) in [4.78, 5) is 11.4. The third-order valence-corrected chi connectivity index (χ3v) is 5.42. The second kappa shape index (κ2) is 7.02. The van der Waals surface area contributed by atoms with E-state index < -0.39 is 27.3 Å². The number of hydrogen-bond donors (Lipinski definition) is 2. The highest BCUT2D eigenvalue weighted by molar-refractivity contribution is 7.90. The van der Waals surface area contributed by atoms with Gasteiger partial charge in [-0.1, -0.05) is 30.3 Å². The molecule has 0 bridgehead atoms. The lowest BCUT2D eigenvalue weighted by molar-refractivity contribution is -0.142. The molecular weight excluding hydrogens is 292 g/mol. The summed E-state index contributed by atoms with van der Waals surface area (Å²) in [5.41, 5.74) is 1.08. The van der Waals surface area contributed by atoms with Crippen LogP contribution in [0.1, 0.15) is 12.0 Å². The Bertz CT molecular complexity index is 574. The number of hydrogen-bond acceptors (Lipinski definition) is 5. The minimum Gasteiger partial charge on any atom is -0.468 e. The zero-order valence-corrected chi connectivity index (χ0v) is 12.7. The molecule has 0 saturated carbocycles. The summed E-state index contributed by atoms with van der Waals surface area (Å²) in [5, 5.41) is 2.28. The largest absolute Gasteiger partial charge is 0.468 e. The second-order valence-electron chi connectivity index (χ2n) is 5.02. The number of methoxy groups -OCH3 is 1. The Morgan fingerprint density at radius 3 is 2.76 bits per heavy atom. The summed E-state index contributed by atoms with van der Waals surface area (Å²) in [6.45, 7) is 0.617. The minimum atomic E-state index is -3.43. The van der Waals surface area contributed by atoms with Crippen LogP contribution >= 0.6 is 0 Å². The van der Waals surface area contributed by atoms with Gasteiger partial charge >= 0.3 is 5.97 Å². The molecule has 1 aliphatic rings. The number of carbonyl (C=O) groups excluding carboxylic acids is 1. The van der Waals surface area contributed by atoms with E-state index in [0.29, 0.717) is 13.0 Å². The quantitative estimate of drug-likeness (QED) is 0.725. The smallest absolute Gasteiger partial charge is 0.322 e. The Labute approximate surface area is 124 Å². The van der Waals surface area contributed by atoms with Crippen molar-refractivity contribution in [2.45, 2.75) is 24.1 Å². The molecular formula is C14H20N2O4S. The van der Waals surface area contributed by atoms with E-state index in [1.807, 2.05) is 30.3 Å². The van der Waals surface area contributed by atoms with Gasteiger partial charge in [-0.05, 0) is 18.4 Å². The van der Waals surface area contributed by atoms with E-state index >= 15 is 0 Å². The van der Waals surface area contributed by atoms with Crippen LogP contribution < -0.4 is 10.0 Å². The van der Waals surface area contributed by atoms with Gasteiger partial charge in [-0.25, -0.2) is 13.1 Å². The van der Waals surface area contributed by atoms with Gasteiger partial charge in [-0.3, -0.25) is 4.79 Å². The van der Waals surface area contributed by atoms with Gasteiger partial charge in [0.2, 0.25) is 10.0 Å². The molecule has 0 aliphatic carbocycles. The molecule has 1 aromatic carbocycles. The van der Waals surface area contributed by atoms with E-state index in [9.17, 15) is 13.2 Å². The molecule has 1 fully saturated rings. The maximum absolute atomic E-state index is 12.2. The zero-order valence-electron chi connectivity index (χ0n) is 11.9. The van der Waals surface area contributed by atoms with E-state index in [1.165, 1.54) is 7.11 Å². The highest BCUT2D eigenvalue weighted by atomic mass is 32.2. The normalized spacial score (nSPS) is 22.1. The highest BCUT2D eigenvalue weighted by Crippen LogP contribution is 2.15. The molecule has 21 heavy (non-hydrogen) atoms. The standard InChI is InChI=1S/C14H20N2O4S/c1-20-14(17)13-9-12(10-15-13)21(18,19)16-8-7-11-5-3-2-4-6-11/h2-6,12-13,15-16H,7-10H2,1H3. The van der Waals surface area contributed by atoms with E-state index in [1.54, 1.807) is 0 Å². The number of carbonyl (C=O) groups is 1. The van der Waals surface area contributed by atoms with Gasteiger partial charge in [-0.15, -0.1) is 0 Å². The first-order chi connectivity index (χ1) is 10.0. The van der Waals surface area contributed by atoms with Crippen LogP contribution in [0.4, 0.5) is 0 Å². The van der Waals surface area contributed by atoms with Crippen molar-refractivity contribution in [1.29, 1.82) is 0 Å². The summed E-state index contributed by atoms with van der Waals surface area (Å²) >= 11 is 0. The molecule has 1 aliphatic heterocycles. The van der Waals surface area contributed by atoms with E-state index in [2.05, 4.69) is 14.8 Å². The molecule has 2 atom stereocenters. The number of ether oxygens (including phenoxy) is 1. The molecule has 2 N–H and O–H groups in total. The van der Waals surface area contributed by atoms with Crippen LogP contribution in [0.2, 0.25) is 0 Å². The van der Waals surface area contributed by atoms with Crippen molar-refractivity contribution in [2.24, 2.45) is 0 Å². The second-order valence-corrected chi connectivity index (χ2v) is 7.06. The molecule has 116 valence electrons. The van der Waals surface area contributed by atoms with Gasteiger partial charge < -0.3 is 10.1 Å².